The van der Waals surface area contributed by atoms with Gasteiger partial charge in [-0.05, 0) is 43.2 Å². The molecule has 1 fully saturated rings. The molecular weight excluding hydrogens is 370 g/mol. The maximum atomic E-state index is 12.8. The summed E-state index contributed by atoms with van der Waals surface area (Å²) in [6.07, 6.45) is -0.730. The molecule has 0 bridgehead atoms. The molecule has 152 valence electrons. The number of aliphatic hydroxyl groups excluding tert-OH is 1. The van der Waals surface area contributed by atoms with Crippen molar-refractivity contribution in [3.05, 3.63) is 23.8 Å². The van der Waals surface area contributed by atoms with Crippen molar-refractivity contribution in [3.63, 3.8) is 0 Å². The highest BCUT2D eigenvalue weighted by Crippen LogP contribution is 2.48. The van der Waals surface area contributed by atoms with Crippen molar-refractivity contribution in [1.29, 1.82) is 0 Å². The van der Waals surface area contributed by atoms with E-state index in [2.05, 4.69) is 5.48 Å². The van der Waals surface area contributed by atoms with E-state index in [1.54, 1.807) is 32.1 Å². The van der Waals surface area contributed by atoms with Crippen LogP contribution in [0.4, 0.5) is 0 Å². The number of carbonyl (C=O) groups is 1. The lowest BCUT2D eigenvalue weighted by atomic mass is 9.78. The minimum Gasteiger partial charge on any atom is -0.493 e. The van der Waals surface area contributed by atoms with Crippen LogP contribution in [0.25, 0.3) is 5.57 Å². The second kappa shape index (κ2) is 6.93. The second-order valence-corrected chi connectivity index (χ2v) is 7.24. The van der Waals surface area contributed by atoms with Crippen LogP contribution in [0.2, 0.25) is 0 Å². The van der Waals surface area contributed by atoms with Gasteiger partial charge in [-0.25, -0.2) is 5.48 Å². The standard InChI is InChI=1S/C19H23NO8/c1-19(2)27-15-11(21)7-10(14(17(15)28-19)18(22)20-24-4)9-5-12(23-3)16-13(6-9)25-8-26-16/h5-7,11,14-15,17,21H,8H2,1-4H3,(H,20,22)/t11-,14?,15-,17+/m0/s1. The van der Waals surface area contributed by atoms with Crippen LogP contribution in [-0.4, -0.2) is 56.1 Å². The first-order chi connectivity index (χ1) is 13.3. The van der Waals surface area contributed by atoms with Crippen molar-refractivity contribution in [2.24, 2.45) is 5.92 Å². The van der Waals surface area contributed by atoms with Crippen LogP contribution in [0.15, 0.2) is 18.2 Å². The fourth-order valence-electron chi connectivity index (χ4n) is 3.93. The molecule has 4 atom stereocenters. The zero-order valence-electron chi connectivity index (χ0n) is 16.1. The van der Waals surface area contributed by atoms with E-state index in [1.165, 1.54) is 14.2 Å². The summed E-state index contributed by atoms with van der Waals surface area (Å²) in [4.78, 5) is 17.7. The van der Waals surface area contributed by atoms with Gasteiger partial charge in [0, 0.05) is 0 Å². The molecule has 0 radical (unpaired) electrons. The first kappa shape index (κ1) is 19.0. The number of nitrogens with one attached hydrogen (secondary N) is 1. The molecule has 1 aromatic rings. The largest absolute Gasteiger partial charge is 0.493 e. The van der Waals surface area contributed by atoms with Crippen LogP contribution >= 0.6 is 0 Å². The van der Waals surface area contributed by atoms with Gasteiger partial charge in [-0.3, -0.25) is 9.63 Å². The van der Waals surface area contributed by atoms with E-state index in [4.69, 9.17) is 28.5 Å². The van der Waals surface area contributed by atoms with Crippen LogP contribution in [0.3, 0.4) is 0 Å². The Bertz CT molecular complexity index is 820. The molecule has 0 saturated carbocycles. The maximum absolute atomic E-state index is 12.8. The Balaban J connectivity index is 1.80. The molecule has 0 spiro atoms. The number of hydrogen-bond donors (Lipinski definition) is 2. The highest BCUT2D eigenvalue weighted by Gasteiger charge is 2.53. The first-order valence-corrected chi connectivity index (χ1v) is 8.91. The second-order valence-electron chi connectivity index (χ2n) is 7.24. The number of amides is 1. The van der Waals surface area contributed by atoms with E-state index >= 15 is 0 Å². The Morgan fingerprint density at radius 2 is 1.96 bits per heavy atom. The summed E-state index contributed by atoms with van der Waals surface area (Å²) in [5.41, 5.74) is 3.57. The van der Waals surface area contributed by atoms with Gasteiger partial charge in [0.2, 0.25) is 12.5 Å². The quantitative estimate of drug-likeness (QED) is 0.730. The van der Waals surface area contributed by atoms with Crippen LogP contribution in [0, 0.1) is 5.92 Å². The number of fused-ring (bicyclic) bond motifs is 2. The number of aliphatic hydroxyl groups is 1. The number of hydroxylamine groups is 1. The molecule has 1 aliphatic carbocycles. The third kappa shape index (κ3) is 3.10. The van der Waals surface area contributed by atoms with Crippen molar-refractivity contribution in [3.8, 4) is 17.2 Å². The van der Waals surface area contributed by atoms with Gasteiger partial charge in [0.15, 0.2) is 17.3 Å². The Hall–Kier alpha value is -2.33. The highest BCUT2D eigenvalue weighted by atomic mass is 16.8. The molecule has 4 rings (SSSR count). The molecule has 9 heteroatoms. The number of hydrogen-bond acceptors (Lipinski definition) is 8. The van der Waals surface area contributed by atoms with Crippen LogP contribution < -0.4 is 19.7 Å². The number of methoxy groups -OCH3 is 1. The van der Waals surface area contributed by atoms with E-state index in [1.807, 2.05) is 0 Å². The SMILES string of the molecule is CONC(=O)C1C(c2cc(OC)c3c(c2)OCO3)=C[C@H](O)[C@@H]2OC(C)(C)O[C@H]12. The summed E-state index contributed by atoms with van der Waals surface area (Å²) >= 11 is 0. The maximum Gasteiger partial charge on any atom is 0.253 e. The minimum absolute atomic E-state index is 0.0836. The lowest BCUT2D eigenvalue weighted by Crippen LogP contribution is -2.49. The molecule has 2 heterocycles. The van der Waals surface area contributed by atoms with Crippen molar-refractivity contribution in [2.45, 2.75) is 37.9 Å². The molecule has 1 unspecified atom stereocenters. The van der Waals surface area contributed by atoms with Gasteiger partial charge in [-0.2, -0.15) is 0 Å². The summed E-state index contributed by atoms with van der Waals surface area (Å²) < 4.78 is 28.1. The van der Waals surface area contributed by atoms with Gasteiger partial charge in [-0.1, -0.05) is 0 Å². The topological polar surface area (TPSA) is 105 Å². The summed E-state index contributed by atoms with van der Waals surface area (Å²) in [5.74, 6) is -0.647. The molecular formula is C19H23NO8. The third-order valence-electron chi connectivity index (χ3n) is 4.99. The predicted octanol–water partition coefficient (Wildman–Crippen LogP) is 0.996. The summed E-state index contributed by atoms with van der Waals surface area (Å²) in [6, 6.07) is 3.48. The first-order valence-electron chi connectivity index (χ1n) is 8.91. The number of rotatable bonds is 4. The Morgan fingerprint density at radius 3 is 2.68 bits per heavy atom. The van der Waals surface area contributed by atoms with Gasteiger partial charge < -0.3 is 28.8 Å². The van der Waals surface area contributed by atoms with Gasteiger partial charge in [0.1, 0.15) is 18.3 Å². The molecule has 9 nitrogen and oxygen atoms in total. The lowest BCUT2D eigenvalue weighted by molar-refractivity contribution is -0.156. The zero-order chi connectivity index (χ0) is 20.1. The number of ether oxygens (including phenoxy) is 5. The Labute approximate surface area is 162 Å². The van der Waals surface area contributed by atoms with Crippen molar-refractivity contribution < 1.29 is 38.4 Å². The Morgan fingerprint density at radius 1 is 1.21 bits per heavy atom. The van der Waals surface area contributed by atoms with Crippen LogP contribution in [0.1, 0.15) is 19.4 Å². The van der Waals surface area contributed by atoms with Gasteiger partial charge in [0.05, 0.1) is 20.1 Å². The van der Waals surface area contributed by atoms with Gasteiger partial charge >= 0.3 is 0 Å². The molecule has 2 N–H and O–H groups in total. The van der Waals surface area contributed by atoms with Crippen LogP contribution in [0.5, 0.6) is 17.2 Å². The molecule has 0 aromatic heterocycles. The average molecular weight is 393 g/mol. The minimum atomic E-state index is -0.954. The van der Waals surface area contributed by atoms with Crippen molar-refractivity contribution >= 4 is 11.5 Å². The normalized spacial score (nSPS) is 29.8. The molecule has 1 amide bonds. The molecule has 1 aromatic carbocycles. The van der Waals surface area contributed by atoms with E-state index in [9.17, 15) is 9.90 Å². The van der Waals surface area contributed by atoms with Crippen molar-refractivity contribution in [2.75, 3.05) is 21.0 Å². The lowest BCUT2D eigenvalue weighted by Gasteiger charge is -2.34. The average Bonchev–Trinajstić information content (AvgIpc) is 3.24. The van der Waals surface area contributed by atoms with Gasteiger partial charge in [-0.15, -0.1) is 0 Å². The predicted molar refractivity (Wildman–Crippen MR) is 95.6 cm³/mol. The summed E-state index contributed by atoms with van der Waals surface area (Å²) in [5, 5.41) is 10.7. The van der Waals surface area contributed by atoms with E-state index < -0.39 is 35.9 Å². The van der Waals surface area contributed by atoms with Crippen LogP contribution in [-0.2, 0) is 19.1 Å². The fourth-order valence-corrected chi connectivity index (χ4v) is 3.93. The van der Waals surface area contributed by atoms with E-state index in [-0.39, 0.29) is 6.79 Å². The third-order valence-corrected chi connectivity index (χ3v) is 4.99. The number of carbonyl (C=O) groups excluding carboxylic acids is 1. The monoisotopic (exact) mass is 393 g/mol. The summed E-state index contributed by atoms with van der Waals surface area (Å²) in [6.45, 7) is 3.57. The van der Waals surface area contributed by atoms with E-state index in [0.717, 1.165) is 0 Å². The smallest absolute Gasteiger partial charge is 0.253 e. The molecule has 3 aliphatic rings. The highest BCUT2D eigenvalue weighted by molar-refractivity contribution is 5.93. The van der Waals surface area contributed by atoms with Gasteiger partial charge in [0.25, 0.3) is 5.91 Å². The van der Waals surface area contributed by atoms with Crippen molar-refractivity contribution in [1.82, 2.24) is 5.48 Å². The zero-order valence-corrected chi connectivity index (χ0v) is 16.1. The molecule has 28 heavy (non-hydrogen) atoms. The fraction of sp³-hybridized carbons (Fsp3) is 0.526. The van der Waals surface area contributed by atoms with E-state index in [0.29, 0.717) is 28.4 Å². The molecule has 2 aliphatic heterocycles. The molecule has 1 saturated heterocycles. The number of benzene rings is 1. The summed E-state index contributed by atoms with van der Waals surface area (Å²) in [7, 11) is 2.88. The Kier molecular flexibility index (Phi) is 4.70.